The molecule has 1 atom stereocenters. The third kappa shape index (κ3) is 3.17. The fourth-order valence-electron chi connectivity index (χ4n) is 3.04. The number of ether oxygens (including phenoxy) is 1. The van der Waals surface area contributed by atoms with Crippen LogP contribution < -0.4 is 4.74 Å². The van der Waals surface area contributed by atoms with Crippen LogP contribution in [0.5, 0.6) is 5.75 Å². The van der Waals surface area contributed by atoms with E-state index < -0.39 is 0 Å². The number of hydrogen-bond donors (Lipinski definition) is 0. The van der Waals surface area contributed by atoms with E-state index in [0.717, 1.165) is 17.3 Å². The van der Waals surface area contributed by atoms with E-state index in [4.69, 9.17) is 4.74 Å². The Morgan fingerprint density at radius 3 is 2.35 bits per heavy atom. The average Bonchev–Trinajstić information content (AvgIpc) is 2.90. The van der Waals surface area contributed by atoms with Crippen molar-refractivity contribution in [2.24, 2.45) is 0 Å². The second-order valence-electron chi connectivity index (χ2n) is 5.33. The molecule has 3 rings (SSSR count). The molecule has 0 amide bonds. The van der Waals surface area contributed by atoms with Crippen molar-refractivity contribution in [1.82, 2.24) is 0 Å². The zero-order valence-electron chi connectivity index (χ0n) is 13.8. The van der Waals surface area contributed by atoms with E-state index in [1.54, 1.807) is 7.11 Å². The molecule has 1 aliphatic rings. The summed E-state index contributed by atoms with van der Waals surface area (Å²) >= 11 is 3.98. The third-order valence-electron chi connectivity index (χ3n) is 4.02. The first-order valence-corrected chi connectivity index (χ1v) is 10.1. The van der Waals surface area contributed by atoms with Crippen molar-refractivity contribution in [3.05, 3.63) is 65.2 Å². The van der Waals surface area contributed by atoms with E-state index in [1.165, 1.54) is 27.2 Å². The van der Waals surface area contributed by atoms with E-state index in [-0.39, 0.29) is 0 Å². The second-order valence-corrected chi connectivity index (χ2v) is 7.98. The van der Waals surface area contributed by atoms with Gasteiger partial charge in [-0.05, 0) is 45.9 Å². The zero-order valence-corrected chi connectivity index (χ0v) is 15.5. The highest BCUT2D eigenvalue weighted by atomic mass is 32.2. The summed E-state index contributed by atoms with van der Waals surface area (Å²) < 4.78 is 5.32. The van der Waals surface area contributed by atoms with Gasteiger partial charge in [-0.25, -0.2) is 0 Å². The molecule has 0 saturated heterocycles. The molecule has 23 heavy (non-hydrogen) atoms. The molecule has 0 bridgehead atoms. The number of fused-ring (bicyclic) bond motifs is 1. The molecule has 2 aromatic rings. The summed E-state index contributed by atoms with van der Waals surface area (Å²) in [5.41, 5.74) is 5.65. The smallest absolute Gasteiger partial charge is 0.118 e. The first-order chi connectivity index (χ1) is 11.3. The molecule has 120 valence electrons. The number of hydrogen-bond acceptors (Lipinski definition) is 3. The van der Waals surface area contributed by atoms with Gasteiger partial charge >= 0.3 is 0 Å². The molecular weight excluding hydrogens is 320 g/mol. The molecule has 0 spiro atoms. The highest BCUT2D eigenvalue weighted by molar-refractivity contribution is 8.08. The maximum absolute atomic E-state index is 5.32. The highest BCUT2D eigenvalue weighted by Crippen LogP contribution is 2.55. The molecule has 1 unspecified atom stereocenters. The van der Waals surface area contributed by atoms with Gasteiger partial charge in [0.05, 0.1) is 12.4 Å². The first kappa shape index (κ1) is 16.5. The number of methoxy groups -OCH3 is 1. The van der Waals surface area contributed by atoms with Crippen LogP contribution in [0.2, 0.25) is 0 Å². The van der Waals surface area contributed by atoms with Gasteiger partial charge in [-0.1, -0.05) is 50.2 Å². The van der Waals surface area contributed by atoms with Crippen molar-refractivity contribution in [1.29, 1.82) is 0 Å². The van der Waals surface area contributed by atoms with E-state index in [9.17, 15) is 0 Å². The van der Waals surface area contributed by atoms with Gasteiger partial charge in [-0.2, -0.15) is 0 Å². The highest BCUT2D eigenvalue weighted by Gasteiger charge is 2.31. The molecule has 0 heterocycles. The fourth-order valence-corrected chi connectivity index (χ4v) is 5.28. The summed E-state index contributed by atoms with van der Waals surface area (Å²) in [6, 6.07) is 17.4. The molecule has 0 radical (unpaired) electrons. The van der Waals surface area contributed by atoms with Crippen LogP contribution in [0.15, 0.2) is 48.5 Å². The van der Waals surface area contributed by atoms with Crippen LogP contribution in [0.25, 0.3) is 10.5 Å². The lowest BCUT2D eigenvalue weighted by molar-refractivity contribution is 0.415. The third-order valence-corrected chi connectivity index (χ3v) is 6.19. The standard InChI is InChI=1S/C20H22OS2/c1-4-22-19-16-8-6-7-9-17(16)20(23-5-2)18(19)14-10-12-15(21-3)13-11-14/h6-13,19H,4-5H2,1-3H3. The molecule has 3 heteroatoms. The Bertz CT molecular complexity index is 704. The van der Waals surface area contributed by atoms with E-state index in [1.807, 2.05) is 23.5 Å². The Kier molecular flexibility index (Phi) is 5.39. The molecule has 1 aliphatic carbocycles. The lowest BCUT2D eigenvalue weighted by Crippen LogP contribution is -1.95. The Morgan fingerprint density at radius 2 is 1.70 bits per heavy atom. The summed E-state index contributed by atoms with van der Waals surface area (Å²) in [4.78, 5) is 1.44. The van der Waals surface area contributed by atoms with Gasteiger partial charge in [0.2, 0.25) is 0 Å². The van der Waals surface area contributed by atoms with Gasteiger partial charge in [-0.15, -0.1) is 23.5 Å². The van der Waals surface area contributed by atoms with Crippen molar-refractivity contribution in [2.75, 3.05) is 18.6 Å². The van der Waals surface area contributed by atoms with Crippen LogP contribution in [0.1, 0.15) is 35.8 Å². The molecule has 0 fully saturated rings. The normalized spacial score (nSPS) is 16.6. The monoisotopic (exact) mass is 342 g/mol. The second kappa shape index (κ2) is 7.50. The summed E-state index contributed by atoms with van der Waals surface area (Å²) in [5.74, 6) is 3.12. The summed E-state index contributed by atoms with van der Waals surface area (Å²) in [6.45, 7) is 4.47. The molecule has 0 aliphatic heterocycles. The van der Waals surface area contributed by atoms with Gasteiger partial charge in [0.1, 0.15) is 5.75 Å². The van der Waals surface area contributed by atoms with Gasteiger partial charge in [0.25, 0.3) is 0 Å². The Morgan fingerprint density at radius 1 is 0.957 bits per heavy atom. The van der Waals surface area contributed by atoms with E-state index >= 15 is 0 Å². The molecule has 2 aromatic carbocycles. The van der Waals surface area contributed by atoms with Crippen LogP contribution >= 0.6 is 23.5 Å². The molecule has 0 aromatic heterocycles. The van der Waals surface area contributed by atoms with Crippen molar-refractivity contribution in [3.63, 3.8) is 0 Å². The van der Waals surface area contributed by atoms with Crippen LogP contribution in [-0.4, -0.2) is 18.6 Å². The van der Waals surface area contributed by atoms with Gasteiger partial charge < -0.3 is 4.74 Å². The molecular formula is C20H22OS2. The van der Waals surface area contributed by atoms with Crippen molar-refractivity contribution in [2.45, 2.75) is 19.1 Å². The van der Waals surface area contributed by atoms with E-state index in [2.05, 4.69) is 62.4 Å². The van der Waals surface area contributed by atoms with Gasteiger partial charge in [0, 0.05) is 4.91 Å². The summed E-state index contributed by atoms with van der Waals surface area (Å²) in [6.07, 6.45) is 0. The molecule has 0 saturated carbocycles. The van der Waals surface area contributed by atoms with Crippen molar-refractivity contribution < 1.29 is 4.74 Å². The number of rotatable bonds is 6. The number of thioether (sulfide) groups is 2. The van der Waals surface area contributed by atoms with Crippen LogP contribution in [0.3, 0.4) is 0 Å². The van der Waals surface area contributed by atoms with Gasteiger partial charge in [0.15, 0.2) is 0 Å². The Balaban J connectivity index is 2.13. The fraction of sp³-hybridized carbons (Fsp3) is 0.300. The maximum Gasteiger partial charge on any atom is 0.118 e. The minimum Gasteiger partial charge on any atom is -0.497 e. The minimum atomic E-state index is 0.429. The Labute approximate surface area is 147 Å². The number of benzene rings is 2. The largest absolute Gasteiger partial charge is 0.497 e. The predicted octanol–water partition coefficient (Wildman–Crippen LogP) is 6.12. The summed E-state index contributed by atoms with van der Waals surface area (Å²) in [5, 5.41) is 0.429. The maximum atomic E-state index is 5.32. The zero-order chi connectivity index (χ0) is 16.2. The van der Waals surface area contributed by atoms with Crippen molar-refractivity contribution in [3.8, 4) is 5.75 Å². The minimum absolute atomic E-state index is 0.429. The summed E-state index contributed by atoms with van der Waals surface area (Å²) in [7, 11) is 1.72. The predicted molar refractivity (Wildman–Crippen MR) is 105 cm³/mol. The first-order valence-electron chi connectivity index (χ1n) is 8.02. The topological polar surface area (TPSA) is 9.23 Å². The Hall–Kier alpha value is -1.32. The van der Waals surface area contributed by atoms with Crippen LogP contribution in [0, 0.1) is 0 Å². The SMILES string of the molecule is CCSC1=C(c2ccc(OC)cc2)C(SCC)c2ccccc21. The van der Waals surface area contributed by atoms with E-state index in [0.29, 0.717) is 5.25 Å². The molecule has 0 N–H and O–H groups in total. The van der Waals surface area contributed by atoms with Crippen molar-refractivity contribution >= 4 is 34.0 Å². The van der Waals surface area contributed by atoms with Crippen LogP contribution in [0.4, 0.5) is 0 Å². The quantitative estimate of drug-likeness (QED) is 0.625. The lowest BCUT2D eigenvalue weighted by atomic mass is 10.0. The average molecular weight is 343 g/mol. The molecule has 1 nitrogen and oxygen atoms in total. The lowest BCUT2D eigenvalue weighted by Gasteiger charge is -2.16. The van der Waals surface area contributed by atoms with Crippen LogP contribution in [-0.2, 0) is 0 Å². The van der Waals surface area contributed by atoms with Gasteiger partial charge in [-0.3, -0.25) is 0 Å².